The average molecular weight is 420 g/mol. The molecule has 0 bridgehead atoms. The van der Waals surface area contributed by atoms with Gasteiger partial charge in [0.2, 0.25) is 11.8 Å². The molecule has 0 radical (unpaired) electrons. The van der Waals surface area contributed by atoms with Crippen LogP contribution in [0.3, 0.4) is 0 Å². The number of nitrogens with two attached hydrogens (primary N) is 1. The van der Waals surface area contributed by atoms with E-state index >= 15 is 0 Å². The smallest absolute Gasteiger partial charge is 0.243 e. The first-order valence-electron chi connectivity index (χ1n) is 9.70. The highest BCUT2D eigenvalue weighted by atomic mass is 19.2. The molecule has 2 atom stereocenters. The van der Waals surface area contributed by atoms with Crippen molar-refractivity contribution in [1.82, 2.24) is 15.2 Å². The van der Waals surface area contributed by atoms with Crippen molar-refractivity contribution >= 4 is 11.8 Å². The summed E-state index contributed by atoms with van der Waals surface area (Å²) in [5.74, 6) is -3.98. The van der Waals surface area contributed by atoms with E-state index in [0.717, 1.165) is 11.6 Å². The predicted octanol–water partition coefficient (Wildman–Crippen LogP) is 1.72. The summed E-state index contributed by atoms with van der Waals surface area (Å²) in [5, 5.41) is 2.80. The quantitative estimate of drug-likeness (QED) is 0.697. The Balaban J connectivity index is 1.70. The van der Waals surface area contributed by atoms with Crippen LogP contribution in [0.1, 0.15) is 24.0 Å². The van der Waals surface area contributed by atoms with E-state index in [2.05, 4.69) is 10.3 Å². The van der Waals surface area contributed by atoms with Crippen molar-refractivity contribution < 1.29 is 22.8 Å². The standard InChI is InChI=1S/C21H23F3N4O2/c22-16-11-18(24)17(23)9-14(16)8-15(25)10-20(29)28-6-2-5-27-21(30)19(28)7-13-3-1-4-26-12-13/h1,3-4,9,11-12,15,19H,2,5-8,10,25H2,(H,27,30)/t15-,19?/m1/s1. The maximum absolute atomic E-state index is 13.9. The zero-order valence-electron chi connectivity index (χ0n) is 16.3. The van der Waals surface area contributed by atoms with Gasteiger partial charge in [0.15, 0.2) is 11.6 Å². The van der Waals surface area contributed by atoms with Crippen LogP contribution < -0.4 is 11.1 Å². The lowest BCUT2D eigenvalue weighted by Crippen LogP contribution is -2.49. The third kappa shape index (κ3) is 5.35. The van der Waals surface area contributed by atoms with Crippen LogP contribution in [-0.4, -0.2) is 46.9 Å². The van der Waals surface area contributed by atoms with Crippen molar-refractivity contribution in [3.8, 4) is 0 Å². The van der Waals surface area contributed by atoms with Gasteiger partial charge in [-0.05, 0) is 36.1 Å². The summed E-state index contributed by atoms with van der Waals surface area (Å²) in [7, 11) is 0. The van der Waals surface area contributed by atoms with Crippen LogP contribution in [0.5, 0.6) is 0 Å². The highest BCUT2D eigenvalue weighted by Crippen LogP contribution is 2.18. The summed E-state index contributed by atoms with van der Waals surface area (Å²) >= 11 is 0. The number of hydrogen-bond acceptors (Lipinski definition) is 4. The molecule has 3 N–H and O–H groups in total. The van der Waals surface area contributed by atoms with Crippen molar-refractivity contribution in [3.63, 3.8) is 0 Å². The molecule has 2 aromatic rings. The molecule has 1 aromatic carbocycles. The van der Waals surface area contributed by atoms with Gasteiger partial charge >= 0.3 is 0 Å². The molecular formula is C21H23F3N4O2. The summed E-state index contributed by atoms with van der Waals surface area (Å²) < 4.78 is 40.4. The molecule has 3 rings (SSSR count). The van der Waals surface area contributed by atoms with Crippen LogP contribution in [-0.2, 0) is 22.4 Å². The molecule has 1 fully saturated rings. The highest BCUT2D eigenvalue weighted by Gasteiger charge is 2.32. The molecule has 2 heterocycles. The minimum absolute atomic E-state index is 0.102. The maximum atomic E-state index is 13.9. The van der Waals surface area contributed by atoms with Crippen molar-refractivity contribution in [2.75, 3.05) is 13.1 Å². The van der Waals surface area contributed by atoms with E-state index in [1.54, 1.807) is 18.5 Å². The van der Waals surface area contributed by atoms with Gasteiger partial charge in [0.05, 0.1) is 0 Å². The second-order valence-electron chi connectivity index (χ2n) is 7.34. The number of halogens is 3. The van der Waals surface area contributed by atoms with Gasteiger partial charge in [-0.3, -0.25) is 14.6 Å². The Hall–Kier alpha value is -2.94. The van der Waals surface area contributed by atoms with Crippen molar-refractivity contribution in [2.45, 2.75) is 37.8 Å². The monoisotopic (exact) mass is 420 g/mol. The lowest BCUT2D eigenvalue weighted by atomic mass is 10.0. The third-order valence-electron chi connectivity index (χ3n) is 5.03. The van der Waals surface area contributed by atoms with E-state index in [0.29, 0.717) is 32.0 Å². The van der Waals surface area contributed by atoms with Gasteiger partial charge < -0.3 is 16.0 Å². The fraction of sp³-hybridized carbons (Fsp3) is 0.381. The molecule has 6 nitrogen and oxygen atoms in total. The Morgan fingerprint density at radius 3 is 2.77 bits per heavy atom. The van der Waals surface area contributed by atoms with Crippen molar-refractivity contribution in [3.05, 3.63) is 65.2 Å². The van der Waals surface area contributed by atoms with Crippen LogP contribution in [0.4, 0.5) is 13.2 Å². The molecular weight excluding hydrogens is 397 g/mol. The maximum Gasteiger partial charge on any atom is 0.243 e. The predicted molar refractivity (Wildman–Crippen MR) is 104 cm³/mol. The van der Waals surface area contributed by atoms with Crippen LogP contribution >= 0.6 is 0 Å². The molecule has 9 heteroatoms. The Kier molecular flexibility index (Phi) is 7.04. The number of pyridine rings is 1. The number of amides is 2. The lowest BCUT2D eigenvalue weighted by molar-refractivity contribution is -0.139. The van der Waals surface area contributed by atoms with Crippen LogP contribution in [0.25, 0.3) is 0 Å². The van der Waals surface area contributed by atoms with Crippen LogP contribution in [0.2, 0.25) is 0 Å². The Labute approximate surface area is 172 Å². The van der Waals surface area contributed by atoms with Gasteiger partial charge in [-0.15, -0.1) is 0 Å². The number of carbonyl (C=O) groups is 2. The number of benzene rings is 1. The SMILES string of the molecule is N[C@@H](CC(=O)N1CCCNC(=O)C1Cc1cccnc1)Cc1cc(F)c(F)cc1F. The zero-order chi connectivity index (χ0) is 21.7. The van der Waals surface area contributed by atoms with Gasteiger partial charge in [-0.2, -0.15) is 0 Å². The first kappa shape index (κ1) is 21.8. The van der Waals surface area contributed by atoms with Gasteiger partial charge in [0.1, 0.15) is 11.9 Å². The molecule has 1 aliphatic heterocycles. The molecule has 1 saturated heterocycles. The zero-order valence-corrected chi connectivity index (χ0v) is 16.3. The highest BCUT2D eigenvalue weighted by molar-refractivity contribution is 5.88. The fourth-order valence-corrected chi connectivity index (χ4v) is 3.54. The molecule has 1 unspecified atom stereocenters. The average Bonchev–Trinajstić information content (AvgIpc) is 2.88. The van der Waals surface area contributed by atoms with E-state index in [1.807, 2.05) is 6.07 Å². The lowest BCUT2D eigenvalue weighted by Gasteiger charge is -2.29. The fourth-order valence-electron chi connectivity index (χ4n) is 3.54. The molecule has 1 aliphatic rings. The second-order valence-corrected chi connectivity index (χ2v) is 7.34. The summed E-state index contributed by atoms with van der Waals surface area (Å²) in [6.45, 7) is 0.826. The normalized spacial score (nSPS) is 17.9. The summed E-state index contributed by atoms with van der Waals surface area (Å²) in [4.78, 5) is 31.0. The Morgan fingerprint density at radius 1 is 1.27 bits per heavy atom. The van der Waals surface area contributed by atoms with Crippen molar-refractivity contribution in [1.29, 1.82) is 0 Å². The third-order valence-corrected chi connectivity index (χ3v) is 5.03. The van der Waals surface area contributed by atoms with Gasteiger partial charge in [-0.1, -0.05) is 6.07 Å². The minimum atomic E-state index is -1.28. The summed E-state index contributed by atoms with van der Waals surface area (Å²) in [6.07, 6.45) is 3.86. The molecule has 0 saturated carbocycles. The first-order valence-corrected chi connectivity index (χ1v) is 9.70. The molecule has 30 heavy (non-hydrogen) atoms. The first-order chi connectivity index (χ1) is 14.3. The summed E-state index contributed by atoms with van der Waals surface area (Å²) in [5.41, 5.74) is 6.71. The van der Waals surface area contributed by atoms with Crippen LogP contribution in [0, 0.1) is 17.5 Å². The molecule has 0 spiro atoms. The second kappa shape index (κ2) is 9.71. The van der Waals surface area contributed by atoms with E-state index in [-0.39, 0.29) is 30.2 Å². The van der Waals surface area contributed by atoms with E-state index < -0.39 is 29.5 Å². The topological polar surface area (TPSA) is 88.3 Å². The van der Waals surface area contributed by atoms with E-state index in [1.165, 1.54) is 4.90 Å². The number of nitrogens with one attached hydrogen (secondary N) is 1. The van der Waals surface area contributed by atoms with Crippen molar-refractivity contribution in [2.24, 2.45) is 5.73 Å². The molecule has 160 valence electrons. The number of rotatable bonds is 6. The van der Waals surface area contributed by atoms with E-state index in [4.69, 9.17) is 5.73 Å². The molecule has 2 amide bonds. The minimum Gasteiger partial charge on any atom is -0.354 e. The Bertz CT molecular complexity index is 911. The molecule has 1 aromatic heterocycles. The number of carbonyl (C=O) groups excluding carboxylic acids is 2. The van der Waals surface area contributed by atoms with Gasteiger partial charge in [-0.25, -0.2) is 13.2 Å². The summed E-state index contributed by atoms with van der Waals surface area (Å²) in [6, 6.07) is 3.26. The van der Waals surface area contributed by atoms with Gasteiger partial charge in [0.25, 0.3) is 0 Å². The number of aromatic nitrogens is 1. The molecule has 0 aliphatic carbocycles. The van der Waals surface area contributed by atoms with E-state index in [9.17, 15) is 22.8 Å². The largest absolute Gasteiger partial charge is 0.354 e. The number of nitrogens with zero attached hydrogens (tertiary/aromatic N) is 2. The Morgan fingerprint density at radius 2 is 2.03 bits per heavy atom. The van der Waals surface area contributed by atoms with Gasteiger partial charge in [0, 0.05) is 50.4 Å². The van der Waals surface area contributed by atoms with Crippen LogP contribution in [0.15, 0.2) is 36.7 Å². The number of hydrogen-bond donors (Lipinski definition) is 2.